The number of amides is 2. The van der Waals surface area contributed by atoms with Crippen molar-refractivity contribution in [3.8, 4) is 11.1 Å². The van der Waals surface area contributed by atoms with E-state index < -0.39 is 17.8 Å². The predicted molar refractivity (Wildman–Crippen MR) is 135 cm³/mol. The second-order valence-electron chi connectivity index (χ2n) is 8.56. The Morgan fingerprint density at radius 1 is 1.06 bits per heavy atom. The van der Waals surface area contributed by atoms with Gasteiger partial charge in [-0.3, -0.25) is 0 Å². The maximum Gasteiger partial charge on any atom is 0.416 e. The van der Waals surface area contributed by atoms with Crippen LogP contribution in [0.5, 0.6) is 0 Å². The first-order chi connectivity index (χ1) is 17.1. The minimum atomic E-state index is -4.49. The van der Waals surface area contributed by atoms with Crippen molar-refractivity contribution in [3.63, 3.8) is 0 Å². The number of urea groups is 1. The molecule has 8 nitrogen and oxygen atoms in total. The van der Waals surface area contributed by atoms with E-state index in [1.807, 2.05) is 37.0 Å². The predicted octanol–water partition coefficient (Wildman–Crippen LogP) is 5.30. The van der Waals surface area contributed by atoms with Crippen LogP contribution in [0.25, 0.3) is 22.2 Å². The van der Waals surface area contributed by atoms with Crippen molar-refractivity contribution in [2.24, 2.45) is 0 Å². The highest BCUT2D eigenvalue weighted by Crippen LogP contribution is 2.33. The molecule has 2 aromatic heterocycles. The number of fused-ring (bicyclic) bond motifs is 1. The molecule has 0 unspecified atom stereocenters. The van der Waals surface area contributed by atoms with Crippen molar-refractivity contribution in [2.75, 3.05) is 37.0 Å². The Morgan fingerprint density at radius 2 is 1.78 bits per heavy atom. The first-order valence-corrected chi connectivity index (χ1v) is 11.2. The number of hydrogen-bond acceptors (Lipinski definition) is 5. The normalized spacial score (nSPS) is 11.7. The highest BCUT2D eigenvalue weighted by Gasteiger charge is 2.30. The lowest BCUT2D eigenvalue weighted by Crippen LogP contribution is -2.19. The Balaban J connectivity index is 1.48. The number of nitrogen functional groups attached to an aromatic ring is 1. The fraction of sp³-hybridized carbons (Fsp3) is 0.240. The van der Waals surface area contributed by atoms with Gasteiger partial charge in [0.2, 0.25) is 0 Å². The van der Waals surface area contributed by atoms with Crippen LogP contribution >= 0.6 is 0 Å². The number of benzene rings is 2. The van der Waals surface area contributed by atoms with E-state index in [2.05, 4.69) is 25.6 Å². The third kappa shape index (κ3) is 5.74. The van der Waals surface area contributed by atoms with E-state index in [-0.39, 0.29) is 5.69 Å². The van der Waals surface area contributed by atoms with Crippen LogP contribution in [-0.4, -0.2) is 46.3 Å². The number of pyridine rings is 1. The fourth-order valence-corrected chi connectivity index (χ4v) is 3.86. The van der Waals surface area contributed by atoms with Gasteiger partial charge in [0.25, 0.3) is 0 Å². The zero-order chi connectivity index (χ0) is 25.9. The van der Waals surface area contributed by atoms with E-state index in [0.717, 1.165) is 41.6 Å². The van der Waals surface area contributed by atoms with Gasteiger partial charge >= 0.3 is 12.2 Å². The number of nitrogens with two attached hydrogens (primary N) is 1. The first-order valence-electron chi connectivity index (χ1n) is 11.2. The minimum absolute atomic E-state index is 0.0381. The topological polar surface area (TPSA) is 101 Å². The molecule has 0 atom stereocenters. The number of nitrogens with one attached hydrogen (secondary N) is 2. The van der Waals surface area contributed by atoms with Crippen molar-refractivity contribution >= 4 is 34.3 Å². The van der Waals surface area contributed by atoms with Crippen molar-refractivity contribution in [2.45, 2.75) is 19.1 Å². The molecule has 0 saturated carbocycles. The summed E-state index contributed by atoms with van der Waals surface area (Å²) in [4.78, 5) is 18.9. The van der Waals surface area contributed by atoms with Crippen LogP contribution in [-0.2, 0) is 12.7 Å². The molecule has 188 valence electrons. The van der Waals surface area contributed by atoms with Gasteiger partial charge in [0.15, 0.2) is 11.5 Å². The van der Waals surface area contributed by atoms with E-state index in [0.29, 0.717) is 23.7 Å². The summed E-state index contributed by atoms with van der Waals surface area (Å²) in [6.07, 6.45) is -1.89. The number of aromatic nitrogens is 3. The second-order valence-corrected chi connectivity index (χ2v) is 8.56. The Morgan fingerprint density at radius 3 is 2.47 bits per heavy atom. The standard InChI is InChI=1S/C25H26F3N7O/c1-34(2)13-4-14-35-23-21(22(29)33-35)20(11-12-30-23)16-7-9-18(10-8-16)31-24(36)32-19-6-3-5-17(15-19)25(26,27)28/h3,5-12,15H,4,13-14H2,1-2H3,(H2,29,33)(H2,31,32,36). The van der Waals surface area contributed by atoms with Gasteiger partial charge in [0.1, 0.15) is 0 Å². The Bertz CT molecular complexity index is 1360. The number of nitrogens with zero attached hydrogens (tertiary/aromatic N) is 4. The molecule has 4 rings (SSSR count). The molecule has 0 saturated heterocycles. The summed E-state index contributed by atoms with van der Waals surface area (Å²) < 4.78 is 40.5. The van der Waals surface area contributed by atoms with Gasteiger partial charge in [0.05, 0.1) is 10.9 Å². The van der Waals surface area contributed by atoms with Gasteiger partial charge in [-0.25, -0.2) is 14.5 Å². The summed E-state index contributed by atoms with van der Waals surface area (Å²) in [6.45, 7) is 1.60. The summed E-state index contributed by atoms with van der Waals surface area (Å²) in [5, 5.41) is 10.3. The zero-order valence-corrected chi connectivity index (χ0v) is 19.8. The molecule has 0 aliphatic rings. The number of alkyl halides is 3. The molecular weight excluding hydrogens is 471 g/mol. The average molecular weight is 498 g/mol. The minimum Gasteiger partial charge on any atom is -0.382 e. The lowest BCUT2D eigenvalue weighted by molar-refractivity contribution is -0.137. The van der Waals surface area contributed by atoms with Gasteiger partial charge in [-0.05, 0) is 74.6 Å². The molecule has 0 radical (unpaired) electrons. The molecule has 2 heterocycles. The quantitative estimate of drug-likeness (QED) is 0.322. The number of halogens is 3. The van der Waals surface area contributed by atoms with Crippen LogP contribution in [0.4, 0.5) is 35.2 Å². The van der Waals surface area contributed by atoms with E-state index in [9.17, 15) is 18.0 Å². The van der Waals surface area contributed by atoms with Crippen LogP contribution in [0.2, 0.25) is 0 Å². The van der Waals surface area contributed by atoms with E-state index in [4.69, 9.17) is 5.73 Å². The third-order valence-corrected chi connectivity index (χ3v) is 5.54. The van der Waals surface area contributed by atoms with Gasteiger partial charge < -0.3 is 21.3 Å². The Kier molecular flexibility index (Phi) is 7.11. The smallest absolute Gasteiger partial charge is 0.382 e. The van der Waals surface area contributed by atoms with Crippen molar-refractivity contribution < 1.29 is 18.0 Å². The third-order valence-electron chi connectivity index (χ3n) is 5.54. The molecular formula is C25H26F3N7O. The van der Waals surface area contributed by atoms with Crippen LogP contribution in [0, 0.1) is 0 Å². The number of aryl methyl sites for hydroxylation is 1. The van der Waals surface area contributed by atoms with E-state index in [1.54, 1.807) is 18.3 Å². The molecule has 0 spiro atoms. The highest BCUT2D eigenvalue weighted by atomic mass is 19.4. The lowest BCUT2D eigenvalue weighted by atomic mass is 10.0. The number of carbonyl (C=O) groups excluding carboxylic acids is 1. The Labute approximate surface area is 205 Å². The average Bonchev–Trinajstić information content (AvgIpc) is 3.14. The van der Waals surface area contributed by atoms with Crippen LogP contribution in [0.1, 0.15) is 12.0 Å². The summed E-state index contributed by atoms with van der Waals surface area (Å²) in [5.74, 6) is 0.389. The van der Waals surface area contributed by atoms with Crippen LogP contribution < -0.4 is 16.4 Å². The summed E-state index contributed by atoms with van der Waals surface area (Å²) >= 11 is 0. The Hall–Kier alpha value is -4.12. The molecule has 0 fully saturated rings. The fourth-order valence-electron chi connectivity index (χ4n) is 3.86. The molecule has 2 aromatic carbocycles. The molecule has 4 aromatic rings. The zero-order valence-electron chi connectivity index (χ0n) is 19.8. The summed E-state index contributed by atoms with van der Waals surface area (Å²) in [7, 11) is 4.03. The largest absolute Gasteiger partial charge is 0.416 e. The molecule has 4 N–H and O–H groups in total. The van der Waals surface area contributed by atoms with Gasteiger partial charge in [-0.1, -0.05) is 18.2 Å². The van der Waals surface area contributed by atoms with Gasteiger partial charge in [0, 0.05) is 24.1 Å². The summed E-state index contributed by atoms with van der Waals surface area (Å²) in [5.41, 5.74) is 8.32. The van der Waals surface area contributed by atoms with Crippen molar-refractivity contribution in [1.29, 1.82) is 0 Å². The van der Waals surface area contributed by atoms with E-state index in [1.165, 1.54) is 12.1 Å². The van der Waals surface area contributed by atoms with E-state index >= 15 is 0 Å². The highest BCUT2D eigenvalue weighted by molar-refractivity contribution is 6.01. The maximum atomic E-state index is 12.9. The van der Waals surface area contributed by atoms with Gasteiger partial charge in [-0.2, -0.15) is 18.3 Å². The number of rotatable bonds is 7. The van der Waals surface area contributed by atoms with Crippen molar-refractivity contribution in [1.82, 2.24) is 19.7 Å². The molecule has 0 aliphatic carbocycles. The number of anilines is 3. The monoisotopic (exact) mass is 497 g/mol. The maximum absolute atomic E-state index is 12.9. The van der Waals surface area contributed by atoms with Crippen LogP contribution in [0.3, 0.4) is 0 Å². The second kappa shape index (κ2) is 10.2. The molecule has 0 bridgehead atoms. The van der Waals surface area contributed by atoms with Gasteiger partial charge in [-0.15, -0.1) is 0 Å². The van der Waals surface area contributed by atoms with Crippen molar-refractivity contribution in [3.05, 3.63) is 66.4 Å². The lowest BCUT2D eigenvalue weighted by Gasteiger charge is -2.11. The number of hydrogen-bond donors (Lipinski definition) is 3. The molecule has 2 amide bonds. The SMILES string of the molecule is CN(C)CCCn1nc(N)c2c(-c3ccc(NC(=O)Nc4cccc(C(F)(F)F)c4)cc3)ccnc21. The summed E-state index contributed by atoms with van der Waals surface area (Å²) in [6, 6.07) is 12.7. The first kappa shape index (κ1) is 25.0. The molecule has 36 heavy (non-hydrogen) atoms. The van der Waals surface area contributed by atoms with Crippen LogP contribution in [0.15, 0.2) is 60.8 Å². The number of carbonyl (C=O) groups is 1. The molecule has 0 aliphatic heterocycles. The molecule has 11 heteroatoms.